The number of aliphatic hydroxyl groups is 1. The lowest BCUT2D eigenvalue weighted by atomic mass is 10.1. The molecule has 5 nitrogen and oxygen atoms in total. The number of hydrogen-bond donors (Lipinski definition) is 2. The van der Waals surface area contributed by atoms with Crippen LogP contribution in [0.3, 0.4) is 0 Å². The van der Waals surface area contributed by atoms with Gasteiger partial charge in [0.25, 0.3) is 0 Å². The highest BCUT2D eigenvalue weighted by molar-refractivity contribution is 5.97. The first-order valence-corrected chi connectivity index (χ1v) is 8.35. The van der Waals surface area contributed by atoms with Gasteiger partial charge in [0, 0.05) is 31.3 Å². The zero-order valence-electron chi connectivity index (χ0n) is 13.9. The molecule has 1 aliphatic heterocycles. The fraction of sp³-hybridized carbons (Fsp3) is 0.556. The number of carbonyl (C=O) groups is 2. The van der Waals surface area contributed by atoms with Crippen molar-refractivity contribution in [2.24, 2.45) is 5.92 Å². The topological polar surface area (TPSA) is 69.6 Å². The zero-order valence-corrected chi connectivity index (χ0v) is 13.9. The fourth-order valence-electron chi connectivity index (χ4n) is 3.03. The lowest BCUT2D eigenvalue weighted by molar-refractivity contribution is -0.129. The Labute approximate surface area is 137 Å². The summed E-state index contributed by atoms with van der Waals surface area (Å²) in [5.41, 5.74) is 1.75. The average molecular weight is 318 g/mol. The van der Waals surface area contributed by atoms with E-state index in [0.29, 0.717) is 19.4 Å². The molecule has 1 fully saturated rings. The fourth-order valence-corrected chi connectivity index (χ4v) is 3.03. The number of likely N-dealkylation sites (tertiary alicyclic amines) is 1. The van der Waals surface area contributed by atoms with Crippen molar-refractivity contribution in [2.45, 2.75) is 45.6 Å². The summed E-state index contributed by atoms with van der Waals surface area (Å²) in [4.78, 5) is 26.3. The van der Waals surface area contributed by atoms with Crippen molar-refractivity contribution in [3.63, 3.8) is 0 Å². The third-order valence-electron chi connectivity index (χ3n) is 4.39. The molecule has 0 spiro atoms. The molecule has 2 amide bonds. The largest absolute Gasteiger partial charge is 0.396 e. The Balaban J connectivity index is 1.92. The smallest absolute Gasteiger partial charge is 0.229 e. The molecule has 0 radical (unpaired) electrons. The Hall–Kier alpha value is -1.88. The van der Waals surface area contributed by atoms with E-state index in [2.05, 4.69) is 12.2 Å². The normalized spacial score (nSPS) is 19.0. The van der Waals surface area contributed by atoms with Crippen LogP contribution in [0.5, 0.6) is 0 Å². The molecule has 1 aromatic rings. The van der Waals surface area contributed by atoms with Gasteiger partial charge in [-0.15, -0.1) is 0 Å². The summed E-state index contributed by atoms with van der Waals surface area (Å²) >= 11 is 0. The van der Waals surface area contributed by atoms with E-state index in [1.165, 1.54) is 0 Å². The minimum atomic E-state index is -0.279. The minimum absolute atomic E-state index is 0.0735. The third kappa shape index (κ3) is 4.55. The van der Waals surface area contributed by atoms with E-state index in [4.69, 9.17) is 5.11 Å². The minimum Gasteiger partial charge on any atom is -0.396 e. The van der Waals surface area contributed by atoms with E-state index in [-0.39, 0.29) is 30.4 Å². The van der Waals surface area contributed by atoms with Gasteiger partial charge in [-0.05, 0) is 37.5 Å². The van der Waals surface area contributed by atoms with Gasteiger partial charge in [-0.25, -0.2) is 0 Å². The summed E-state index contributed by atoms with van der Waals surface area (Å²) in [5.74, 6) is -0.303. The van der Waals surface area contributed by atoms with Crippen LogP contribution in [0.1, 0.15) is 38.7 Å². The second kappa shape index (κ2) is 8.11. The molecule has 2 N–H and O–H groups in total. The number of nitrogens with one attached hydrogen (secondary N) is 1. The summed E-state index contributed by atoms with van der Waals surface area (Å²) in [6.45, 7) is 4.76. The number of aliphatic hydroxyl groups excluding tert-OH is 1. The summed E-state index contributed by atoms with van der Waals surface area (Å²) in [5, 5.41) is 11.8. The van der Waals surface area contributed by atoms with Gasteiger partial charge < -0.3 is 15.3 Å². The van der Waals surface area contributed by atoms with Gasteiger partial charge in [0.15, 0.2) is 0 Å². The van der Waals surface area contributed by atoms with Gasteiger partial charge in [0.2, 0.25) is 11.8 Å². The van der Waals surface area contributed by atoms with E-state index in [1.807, 2.05) is 36.1 Å². The van der Waals surface area contributed by atoms with Crippen LogP contribution in [0.15, 0.2) is 24.3 Å². The zero-order chi connectivity index (χ0) is 16.8. The van der Waals surface area contributed by atoms with E-state index in [9.17, 15) is 9.59 Å². The van der Waals surface area contributed by atoms with Gasteiger partial charge in [-0.1, -0.05) is 25.5 Å². The van der Waals surface area contributed by atoms with Crippen LogP contribution in [-0.2, 0) is 16.0 Å². The first-order valence-electron chi connectivity index (χ1n) is 8.35. The molecule has 2 atom stereocenters. The Morgan fingerprint density at radius 2 is 2.09 bits per heavy atom. The summed E-state index contributed by atoms with van der Waals surface area (Å²) in [7, 11) is 0. The molecule has 0 aromatic heterocycles. The molecule has 2 rings (SSSR count). The number of nitrogens with zero attached hydrogens (tertiary/aromatic N) is 1. The predicted octanol–water partition coefficient (Wildman–Crippen LogP) is 2.20. The predicted molar refractivity (Wildman–Crippen MR) is 90.1 cm³/mol. The van der Waals surface area contributed by atoms with E-state index in [1.54, 1.807) is 0 Å². The SMILES string of the molecule is CCCC(C)N1CC(C(=O)Nc2ccc(CCO)cc2)CC1=O. The molecule has 23 heavy (non-hydrogen) atoms. The Bertz CT molecular complexity index is 542. The van der Waals surface area contributed by atoms with Crippen molar-refractivity contribution in [3.8, 4) is 0 Å². The second-order valence-electron chi connectivity index (χ2n) is 6.24. The number of rotatable bonds is 7. The van der Waals surface area contributed by atoms with Crippen molar-refractivity contribution in [2.75, 3.05) is 18.5 Å². The first kappa shape index (κ1) is 17.5. The third-order valence-corrected chi connectivity index (χ3v) is 4.39. The molecule has 0 saturated carbocycles. The summed E-state index contributed by atoms with van der Waals surface area (Å²) in [6.07, 6.45) is 2.90. The van der Waals surface area contributed by atoms with Crippen LogP contribution >= 0.6 is 0 Å². The molecule has 126 valence electrons. The van der Waals surface area contributed by atoms with Crippen molar-refractivity contribution < 1.29 is 14.7 Å². The van der Waals surface area contributed by atoms with Crippen molar-refractivity contribution in [3.05, 3.63) is 29.8 Å². The number of hydrogen-bond acceptors (Lipinski definition) is 3. The van der Waals surface area contributed by atoms with Crippen LogP contribution in [0.4, 0.5) is 5.69 Å². The van der Waals surface area contributed by atoms with Gasteiger partial charge >= 0.3 is 0 Å². The number of anilines is 1. The second-order valence-corrected chi connectivity index (χ2v) is 6.24. The molecule has 0 aliphatic carbocycles. The molecule has 1 aromatic carbocycles. The molecule has 5 heteroatoms. The maximum Gasteiger partial charge on any atom is 0.229 e. The highest BCUT2D eigenvalue weighted by atomic mass is 16.3. The monoisotopic (exact) mass is 318 g/mol. The van der Waals surface area contributed by atoms with E-state index < -0.39 is 0 Å². The van der Waals surface area contributed by atoms with Crippen molar-refractivity contribution in [1.82, 2.24) is 4.90 Å². The van der Waals surface area contributed by atoms with Gasteiger partial charge in [0.1, 0.15) is 0 Å². The van der Waals surface area contributed by atoms with Crippen LogP contribution < -0.4 is 5.32 Å². The Morgan fingerprint density at radius 3 is 2.70 bits per heavy atom. The number of benzene rings is 1. The Morgan fingerprint density at radius 1 is 1.39 bits per heavy atom. The maximum atomic E-state index is 12.4. The highest BCUT2D eigenvalue weighted by Crippen LogP contribution is 2.23. The van der Waals surface area contributed by atoms with E-state index >= 15 is 0 Å². The number of carbonyl (C=O) groups excluding carboxylic acids is 2. The van der Waals surface area contributed by atoms with Crippen LogP contribution in [-0.4, -0.2) is 41.0 Å². The summed E-state index contributed by atoms with van der Waals surface area (Å²) < 4.78 is 0. The van der Waals surface area contributed by atoms with E-state index in [0.717, 1.165) is 24.1 Å². The lowest BCUT2D eigenvalue weighted by Gasteiger charge is -2.24. The molecule has 2 unspecified atom stereocenters. The maximum absolute atomic E-state index is 12.4. The van der Waals surface area contributed by atoms with Gasteiger partial charge in [0.05, 0.1) is 5.92 Å². The van der Waals surface area contributed by atoms with Crippen molar-refractivity contribution in [1.29, 1.82) is 0 Å². The summed E-state index contributed by atoms with van der Waals surface area (Å²) in [6, 6.07) is 7.64. The van der Waals surface area contributed by atoms with Gasteiger partial charge in [-0.3, -0.25) is 9.59 Å². The molecule has 0 bridgehead atoms. The van der Waals surface area contributed by atoms with Crippen molar-refractivity contribution >= 4 is 17.5 Å². The quantitative estimate of drug-likeness (QED) is 0.810. The molecular formula is C18H26N2O3. The number of amides is 2. The lowest BCUT2D eigenvalue weighted by Crippen LogP contribution is -2.35. The van der Waals surface area contributed by atoms with Crippen LogP contribution in [0.2, 0.25) is 0 Å². The molecule has 1 aliphatic rings. The molecular weight excluding hydrogens is 292 g/mol. The van der Waals surface area contributed by atoms with Gasteiger partial charge in [-0.2, -0.15) is 0 Å². The average Bonchev–Trinajstić information content (AvgIpc) is 2.92. The molecule has 1 saturated heterocycles. The van der Waals surface area contributed by atoms with Crippen LogP contribution in [0.25, 0.3) is 0 Å². The Kier molecular flexibility index (Phi) is 6.16. The first-order chi connectivity index (χ1) is 11.0. The van der Waals surface area contributed by atoms with Crippen LogP contribution in [0, 0.1) is 5.92 Å². The standard InChI is InChI=1S/C18H26N2O3/c1-3-4-13(2)20-12-15(11-17(20)22)18(23)19-16-7-5-14(6-8-16)9-10-21/h5-8,13,15,21H,3-4,9-12H2,1-2H3,(H,19,23). The molecule has 1 heterocycles. The highest BCUT2D eigenvalue weighted by Gasteiger charge is 2.36.